The summed E-state index contributed by atoms with van der Waals surface area (Å²) in [4.78, 5) is 19.2. The minimum atomic E-state index is 0.0691. The van der Waals surface area contributed by atoms with Gasteiger partial charge >= 0.3 is 0 Å². The van der Waals surface area contributed by atoms with Crippen molar-refractivity contribution in [1.82, 2.24) is 10.3 Å². The fourth-order valence-electron chi connectivity index (χ4n) is 4.69. The van der Waals surface area contributed by atoms with Crippen LogP contribution in [0.5, 0.6) is 0 Å². The molecule has 1 aromatic heterocycles. The highest BCUT2D eigenvalue weighted by Crippen LogP contribution is 2.38. The standard InChI is InChI=1S/C20H24ClN3O3/c21-14-1-3-16-18(10-14)27-20(23-16)24-7-5-12(6-8-24)19(25)22-11-13-9-15-2-4-17(13)26-15/h1,3,10,12-13,15,17H,2,4-9,11H2,(H,22,25)/t13-,15-,17+/m0/s1. The second-order valence-corrected chi connectivity index (χ2v) is 8.42. The van der Waals surface area contributed by atoms with E-state index in [9.17, 15) is 4.79 Å². The quantitative estimate of drug-likeness (QED) is 0.868. The first-order valence-electron chi connectivity index (χ1n) is 9.90. The third kappa shape index (κ3) is 3.41. The van der Waals surface area contributed by atoms with Gasteiger partial charge < -0.3 is 19.4 Å². The number of halogens is 1. The van der Waals surface area contributed by atoms with Gasteiger partial charge in [0.2, 0.25) is 5.91 Å². The smallest absolute Gasteiger partial charge is 0.298 e. The second-order valence-electron chi connectivity index (χ2n) is 7.98. The summed E-state index contributed by atoms with van der Waals surface area (Å²) in [6, 6.07) is 6.08. The van der Waals surface area contributed by atoms with Gasteiger partial charge in [0.05, 0.1) is 12.2 Å². The van der Waals surface area contributed by atoms with E-state index >= 15 is 0 Å². The first-order valence-corrected chi connectivity index (χ1v) is 10.3. The number of hydrogen-bond acceptors (Lipinski definition) is 5. The number of hydrogen-bond donors (Lipinski definition) is 1. The highest BCUT2D eigenvalue weighted by atomic mass is 35.5. The van der Waals surface area contributed by atoms with E-state index in [2.05, 4.69) is 15.2 Å². The van der Waals surface area contributed by atoms with Gasteiger partial charge in [-0.2, -0.15) is 4.98 Å². The predicted octanol–water partition coefficient (Wildman–Crippen LogP) is 3.38. The lowest BCUT2D eigenvalue weighted by atomic mass is 9.89. The molecule has 7 heteroatoms. The molecule has 3 fully saturated rings. The van der Waals surface area contributed by atoms with Crippen LogP contribution in [0.2, 0.25) is 5.02 Å². The summed E-state index contributed by atoms with van der Waals surface area (Å²) in [5.74, 6) is 0.751. The number of aromatic nitrogens is 1. The fourth-order valence-corrected chi connectivity index (χ4v) is 4.85. The van der Waals surface area contributed by atoms with Crippen molar-refractivity contribution in [2.24, 2.45) is 11.8 Å². The Hall–Kier alpha value is -1.79. The molecule has 3 aliphatic heterocycles. The van der Waals surface area contributed by atoms with Crippen LogP contribution < -0.4 is 10.2 Å². The van der Waals surface area contributed by atoms with E-state index in [0.717, 1.165) is 50.8 Å². The first-order chi connectivity index (χ1) is 13.2. The summed E-state index contributed by atoms with van der Waals surface area (Å²) in [7, 11) is 0. The number of carbonyl (C=O) groups is 1. The molecule has 6 nitrogen and oxygen atoms in total. The average Bonchev–Trinajstić information content (AvgIpc) is 3.41. The average molecular weight is 390 g/mol. The van der Waals surface area contributed by atoms with Gasteiger partial charge in [0.15, 0.2) is 5.58 Å². The lowest BCUT2D eigenvalue weighted by molar-refractivity contribution is -0.125. The number of rotatable bonds is 4. The van der Waals surface area contributed by atoms with Gasteiger partial charge in [-0.1, -0.05) is 11.6 Å². The highest BCUT2D eigenvalue weighted by molar-refractivity contribution is 6.31. The van der Waals surface area contributed by atoms with Gasteiger partial charge in [0, 0.05) is 42.6 Å². The van der Waals surface area contributed by atoms with Crippen LogP contribution in [0.1, 0.15) is 32.1 Å². The van der Waals surface area contributed by atoms with Crippen LogP contribution in [-0.2, 0) is 9.53 Å². The van der Waals surface area contributed by atoms with E-state index in [0.29, 0.717) is 34.7 Å². The Labute approximate surface area is 163 Å². The molecule has 144 valence electrons. The van der Waals surface area contributed by atoms with E-state index in [1.807, 2.05) is 12.1 Å². The molecule has 4 heterocycles. The monoisotopic (exact) mass is 389 g/mol. The number of ether oxygens (including phenoxy) is 1. The summed E-state index contributed by atoms with van der Waals surface area (Å²) >= 11 is 6.01. The Morgan fingerprint density at radius 2 is 2.11 bits per heavy atom. The van der Waals surface area contributed by atoms with E-state index in [4.69, 9.17) is 20.8 Å². The Balaban J connectivity index is 1.14. The van der Waals surface area contributed by atoms with Gasteiger partial charge in [-0.15, -0.1) is 0 Å². The number of nitrogens with one attached hydrogen (secondary N) is 1. The molecule has 0 aliphatic carbocycles. The van der Waals surface area contributed by atoms with Crippen molar-refractivity contribution in [3.63, 3.8) is 0 Å². The second kappa shape index (κ2) is 6.99. The van der Waals surface area contributed by atoms with Crippen molar-refractivity contribution < 1.29 is 13.9 Å². The third-order valence-electron chi connectivity index (χ3n) is 6.25. The number of piperidine rings is 1. The Kier molecular flexibility index (Phi) is 4.48. The van der Waals surface area contributed by atoms with Crippen molar-refractivity contribution in [1.29, 1.82) is 0 Å². The van der Waals surface area contributed by atoms with Crippen LogP contribution in [0.4, 0.5) is 6.01 Å². The first kappa shape index (κ1) is 17.3. The molecule has 0 saturated carbocycles. The molecule has 27 heavy (non-hydrogen) atoms. The van der Waals surface area contributed by atoms with Gasteiger partial charge in [0.1, 0.15) is 5.52 Å². The summed E-state index contributed by atoms with van der Waals surface area (Å²) in [6.07, 6.45) is 5.88. The van der Waals surface area contributed by atoms with Crippen LogP contribution in [-0.4, -0.2) is 42.7 Å². The topological polar surface area (TPSA) is 67.6 Å². The number of fused-ring (bicyclic) bond motifs is 3. The van der Waals surface area contributed by atoms with Crippen LogP contribution in [0.3, 0.4) is 0 Å². The minimum absolute atomic E-state index is 0.0691. The van der Waals surface area contributed by atoms with Gasteiger partial charge in [0.25, 0.3) is 6.01 Å². The molecule has 1 amide bonds. The lowest BCUT2D eigenvalue weighted by Gasteiger charge is -2.30. The number of benzene rings is 1. The maximum Gasteiger partial charge on any atom is 0.298 e. The summed E-state index contributed by atoms with van der Waals surface area (Å²) < 4.78 is 11.7. The number of amides is 1. The maximum absolute atomic E-state index is 12.6. The number of oxazole rings is 1. The zero-order chi connectivity index (χ0) is 18.4. The van der Waals surface area contributed by atoms with Crippen LogP contribution in [0.15, 0.2) is 22.6 Å². The van der Waals surface area contributed by atoms with E-state index < -0.39 is 0 Å². The Bertz CT molecular complexity index is 846. The van der Waals surface area contributed by atoms with Crippen molar-refractivity contribution in [3.05, 3.63) is 23.2 Å². The molecular weight excluding hydrogens is 366 g/mol. The summed E-state index contributed by atoms with van der Waals surface area (Å²) in [5, 5.41) is 3.81. The van der Waals surface area contributed by atoms with Crippen LogP contribution in [0, 0.1) is 11.8 Å². The summed E-state index contributed by atoms with van der Waals surface area (Å²) in [5.41, 5.74) is 1.51. The molecule has 3 aliphatic rings. The normalized spacial score (nSPS) is 28.2. The molecule has 1 aromatic carbocycles. The SMILES string of the molecule is O=C(NC[C@@H]1C[C@@H]2CC[C@H]1O2)C1CCN(c2nc3ccc(Cl)cc3o2)CC1. The Morgan fingerprint density at radius 3 is 2.85 bits per heavy atom. The highest BCUT2D eigenvalue weighted by Gasteiger charge is 2.40. The molecule has 2 bridgehead atoms. The maximum atomic E-state index is 12.6. The zero-order valence-electron chi connectivity index (χ0n) is 15.2. The molecule has 3 saturated heterocycles. The molecule has 0 unspecified atom stereocenters. The van der Waals surface area contributed by atoms with E-state index in [-0.39, 0.29) is 11.8 Å². The molecule has 5 rings (SSSR count). The van der Waals surface area contributed by atoms with Crippen molar-refractivity contribution >= 4 is 34.6 Å². The number of carbonyl (C=O) groups excluding carboxylic acids is 1. The largest absolute Gasteiger partial charge is 0.423 e. The van der Waals surface area contributed by atoms with Crippen LogP contribution in [0.25, 0.3) is 11.1 Å². The van der Waals surface area contributed by atoms with Gasteiger partial charge in [-0.05, 0) is 44.2 Å². The van der Waals surface area contributed by atoms with Crippen molar-refractivity contribution in [2.75, 3.05) is 24.5 Å². The third-order valence-corrected chi connectivity index (χ3v) is 6.48. The molecule has 1 N–H and O–H groups in total. The number of nitrogens with zero attached hydrogens (tertiary/aromatic N) is 2. The van der Waals surface area contributed by atoms with Crippen molar-refractivity contribution in [3.8, 4) is 0 Å². The van der Waals surface area contributed by atoms with E-state index in [1.54, 1.807) is 6.07 Å². The lowest BCUT2D eigenvalue weighted by Crippen LogP contribution is -2.42. The molecule has 2 aromatic rings. The molecule has 3 atom stereocenters. The molecule has 0 spiro atoms. The fraction of sp³-hybridized carbons (Fsp3) is 0.600. The van der Waals surface area contributed by atoms with E-state index in [1.165, 1.54) is 6.42 Å². The predicted molar refractivity (Wildman–Crippen MR) is 103 cm³/mol. The molecular formula is C20H24ClN3O3. The van der Waals surface area contributed by atoms with Crippen molar-refractivity contribution in [2.45, 2.75) is 44.3 Å². The van der Waals surface area contributed by atoms with Gasteiger partial charge in [-0.3, -0.25) is 4.79 Å². The van der Waals surface area contributed by atoms with Gasteiger partial charge in [-0.25, -0.2) is 0 Å². The number of anilines is 1. The minimum Gasteiger partial charge on any atom is -0.423 e. The molecule has 0 radical (unpaired) electrons. The van der Waals surface area contributed by atoms with Crippen LogP contribution >= 0.6 is 11.6 Å². The summed E-state index contributed by atoms with van der Waals surface area (Å²) in [6.45, 7) is 2.30. The Morgan fingerprint density at radius 1 is 1.26 bits per heavy atom. The zero-order valence-corrected chi connectivity index (χ0v) is 16.0.